The van der Waals surface area contributed by atoms with Gasteiger partial charge < -0.3 is 15.4 Å². The number of carbonyl (C=O) groups is 3. The Morgan fingerprint density at radius 2 is 1.70 bits per heavy atom. The van der Waals surface area contributed by atoms with Crippen LogP contribution in [0.15, 0.2) is 42.5 Å². The molecule has 2 radical (unpaired) electrons. The Labute approximate surface area is 182 Å². The third-order valence-electron chi connectivity index (χ3n) is 4.33. The smallest absolute Gasteiger partial charge is 0.251 e. The fourth-order valence-corrected chi connectivity index (χ4v) is 3.02. The quantitative estimate of drug-likeness (QED) is 0.477. The molecule has 0 saturated carbocycles. The van der Waals surface area contributed by atoms with E-state index in [0.29, 0.717) is 21.9 Å². The van der Waals surface area contributed by atoms with Crippen LogP contribution in [-0.4, -0.2) is 44.6 Å². The van der Waals surface area contributed by atoms with Crippen molar-refractivity contribution in [3.63, 3.8) is 0 Å². The lowest BCUT2D eigenvalue weighted by atomic mass is 9.94. The van der Waals surface area contributed by atoms with Gasteiger partial charge in [-0.2, -0.15) is 0 Å². The summed E-state index contributed by atoms with van der Waals surface area (Å²) in [6.07, 6.45) is 0.135. The highest BCUT2D eigenvalue weighted by molar-refractivity contribution is 6.32. The molecule has 2 rings (SSSR count). The number of amides is 2. The van der Waals surface area contributed by atoms with Crippen molar-refractivity contribution in [3.8, 4) is 5.75 Å². The zero-order chi connectivity index (χ0) is 22.3. The van der Waals surface area contributed by atoms with E-state index in [0.717, 1.165) is 5.56 Å². The summed E-state index contributed by atoms with van der Waals surface area (Å²) in [4.78, 5) is 36.6. The molecular weight excluding hydrogens is 403 g/mol. The summed E-state index contributed by atoms with van der Waals surface area (Å²) in [6, 6.07) is 10.7. The van der Waals surface area contributed by atoms with E-state index >= 15 is 0 Å². The summed E-state index contributed by atoms with van der Waals surface area (Å²) in [6.45, 7) is 3.76. The van der Waals surface area contributed by atoms with Crippen LogP contribution in [0.2, 0.25) is 11.3 Å². The average Bonchev–Trinajstić information content (AvgIpc) is 2.73. The molecule has 8 heteroatoms. The van der Waals surface area contributed by atoms with Gasteiger partial charge in [0.15, 0.2) is 5.78 Å². The first-order chi connectivity index (χ1) is 14.2. The van der Waals surface area contributed by atoms with Crippen molar-refractivity contribution >= 4 is 37.0 Å². The van der Waals surface area contributed by atoms with Crippen molar-refractivity contribution < 1.29 is 19.1 Å². The van der Waals surface area contributed by atoms with Gasteiger partial charge in [-0.1, -0.05) is 35.9 Å². The van der Waals surface area contributed by atoms with Crippen molar-refractivity contribution in [2.24, 2.45) is 0 Å². The van der Waals surface area contributed by atoms with Gasteiger partial charge in [-0.15, -0.1) is 0 Å². The number of hydrogen-bond donors (Lipinski definition) is 2. The van der Waals surface area contributed by atoms with E-state index in [1.807, 2.05) is 13.8 Å². The average molecular weight is 427 g/mol. The first-order valence-electron chi connectivity index (χ1n) is 9.56. The minimum atomic E-state index is -0.802. The molecule has 0 heterocycles. The number of ether oxygens (including phenoxy) is 1. The molecule has 2 N–H and O–H groups in total. The number of carbonyl (C=O) groups excluding carboxylic acids is 3. The lowest BCUT2D eigenvalue weighted by Gasteiger charge is -2.18. The Kier molecular flexibility index (Phi) is 8.48. The van der Waals surface area contributed by atoms with Crippen molar-refractivity contribution in [1.29, 1.82) is 0 Å². The van der Waals surface area contributed by atoms with E-state index in [-0.39, 0.29) is 30.5 Å². The summed E-state index contributed by atoms with van der Waals surface area (Å²) in [7, 11) is 6.87. The van der Waals surface area contributed by atoms with Crippen LogP contribution >= 0.6 is 11.6 Å². The zero-order valence-electron chi connectivity index (χ0n) is 17.2. The van der Waals surface area contributed by atoms with Crippen molar-refractivity contribution in [2.45, 2.75) is 38.7 Å². The molecule has 1 atom stereocenters. The van der Waals surface area contributed by atoms with Crippen LogP contribution in [0.1, 0.15) is 40.1 Å². The van der Waals surface area contributed by atoms with Gasteiger partial charge in [0.1, 0.15) is 11.8 Å². The second-order valence-corrected chi connectivity index (χ2v) is 7.39. The molecule has 0 spiro atoms. The van der Waals surface area contributed by atoms with E-state index in [9.17, 15) is 14.4 Å². The Hall–Kier alpha value is -2.80. The van der Waals surface area contributed by atoms with Crippen LogP contribution in [0, 0.1) is 0 Å². The van der Waals surface area contributed by atoms with Gasteiger partial charge in [0.2, 0.25) is 5.91 Å². The Morgan fingerprint density at radius 1 is 1.07 bits per heavy atom. The summed E-state index contributed by atoms with van der Waals surface area (Å²) in [5.41, 5.74) is 1.60. The number of nitrogens with one attached hydrogen (secondary N) is 2. The van der Waals surface area contributed by atoms with Gasteiger partial charge >= 0.3 is 0 Å². The maximum Gasteiger partial charge on any atom is 0.251 e. The van der Waals surface area contributed by atoms with E-state index < -0.39 is 11.9 Å². The van der Waals surface area contributed by atoms with Crippen molar-refractivity contribution in [3.05, 3.63) is 64.2 Å². The maximum atomic E-state index is 12.7. The molecule has 1 unspecified atom stereocenters. The number of Topliss-reactive ketones (excluding diaryl/α,β-unsaturated/α-hetero) is 1. The molecule has 0 aliphatic rings. The van der Waals surface area contributed by atoms with E-state index in [1.165, 1.54) is 13.1 Å². The van der Waals surface area contributed by atoms with Crippen LogP contribution in [0.4, 0.5) is 0 Å². The summed E-state index contributed by atoms with van der Waals surface area (Å²) in [5.74, 6) is -0.453. The van der Waals surface area contributed by atoms with Gasteiger partial charge in [-0.05, 0) is 43.9 Å². The fraction of sp³-hybridized carbons (Fsp3) is 0.318. The predicted octanol–water partition coefficient (Wildman–Crippen LogP) is 2.98. The highest BCUT2D eigenvalue weighted by atomic mass is 35.5. The summed E-state index contributed by atoms with van der Waals surface area (Å²) in [5, 5.41) is 5.60. The minimum Gasteiger partial charge on any atom is -0.489 e. The Morgan fingerprint density at radius 3 is 2.23 bits per heavy atom. The highest BCUT2D eigenvalue weighted by Crippen LogP contribution is 2.26. The first-order valence-corrected chi connectivity index (χ1v) is 9.93. The number of hydrogen-bond acceptors (Lipinski definition) is 4. The number of ketones is 1. The molecule has 30 heavy (non-hydrogen) atoms. The van der Waals surface area contributed by atoms with Gasteiger partial charge in [0.25, 0.3) is 5.91 Å². The highest BCUT2D eigenvalue weighted by Gasteiger charge is 2.22. The van der Waals surface area contributed by atoms with Crippen LogP contribution in [0.25, 0.3) is 0 Å². The first kappa shape index (κ1) is 23.5. The van der Waals surface area contributed by atoms with Crippen molar-refractivity contribution in [2.75, 3.05) is 7.05 Å². The lowest BCUT2D eigenvalue weighted by molar-refractivity contribution is -0.122. The standard InChI is InChI=1S/C22H24BClN2O4/c1-13(2)30-20-9-8-16(11-17(20)24)21(28)26-18(22(29)25-3)10-14-4-6-15(7-5-14)19(27)12-23/h4-9,11,13,18H,10,12H2,1-3H3,(H,25,29)(H,26,28). The molecule has 0 fully saturated rings. The van der Waals surface area contributed by atoms with Gasteiger partial charge in [-0.25, -0.2) is 0 Å². The molecule has 156 valence electrons. The van der Waals surface area contributed by atoms with Crippen molar-refractivity contribution in [1.82, 2.24) is 10.6 Å². The third-order valence-corrected chi connectivity index (χ3v) is 4.62. The topological polar surface area (TPSA) is 84.5 Å². The molecule has 6 nitrogen and oxygen atoms in total. The molecule has 0 aliphatic carbocycles. The van der Waals surface area contributed by atoms with Crippen LogP contribution < -0.4 is 15.4 Å². The largest absolute Gasteiger partial charge is 0.489 e. The van der Waals surface area contributed by atoms with E-state index in [2.05, 4.69) is 10.6 Å². The molecule has 0 bridgehead atoms. The van der Waals surface area contributed by atoms with Crippen LogP contribution in [0.5, 0.6) is 5.75 Å². The van der Waals surface area contributed by atoms with Crippen LogP contribution in [0.3, 0.4) is 0 Å². The number of likely N-dealkylation sites (N-methyl/N-ethyl adjacent to an activating group) is 1. The van der Waals surface area contributed by atoms with Gasteiger partial charge in [0.05, 0.1) is 19.0 Å². The predicted molar refractivity (Wildman–Crippen MR) is 118 cm³/mol. The molecule has 0 saturated heterocycles. The molecular formula is C22H24BClN2O4. The molecule has 2 amide bonds. The monoisotopic (exact) mass is 426 g/mol. The van der Waals surface area contributed by atoms with E-state index in [4.69, 9.17) is 24.2 Å². The zero-order valence-corrected chi connectivity index (χ0v) is 18.0. The number of benzene rings is 2. The molecule has 2 aromatic rings. The van der Waals surface area contributed by atoms with Crippen LogP contribution in [-0.2, 0) is 11.2 Å². The molecule has 0 aliphatic heterocycles. The third kappa shape index (κ3) is 6.35. The van der Waals surface area contributed by atoms with Gasteiger partial charge in [0, 0.05) is 24.6 Å². The SMILES string of the molecule is [B]CC(=O)c1ccc(CC(NC(=O)c2ccc(OC(C)C)c(Cl)c2)C(=O)NC)cc1. The summed E-state index contributed by atoms with van der Waals surface area (Å²) < 4.78 is 5.57. The van der Waals surface area contributed by atoms with Gasteiger partial charge in [-0.3, -0.25) is 14.4 Å². The molecule has 2 aromatic carbocycles. The normalized spacial score (nSPS) is 11.6. The minimum absolute atomic E-state index is 0.0497. The number of halogens is 1. The Balaban J connectivity index is 2.14. The molecule has 0 aromatic heterocycles. The fourth-order valence-electron chi connectivity index (χ4n) is 2.80. The Bertz CT molecular complexity index is 916. The van der Waals surface area contributed by atoms with E-state index in [1.54, 1.807) is 36.4 Å². The maximum absolute atomic E-state index is 12.7. The second-order valence-electron chi connectivity index (χ2n) is 6.98. The number of rotatable bonds is 9. The second kappa shape index (κ2) is 10.8. The lowest BCUT2D eigenvalue weighted by Crippen LogP contribution is -2.47. The summed E-state index contributed by atoms with van der Waals surface area (Å²) >= 11 is 6.21.